The number of quaternary nitrogens is 1. The topological polar surface area (TPSA) is 64.1 Å². The van der Waals surface area contributed by atoms with E-state index in [2.05, 4.69) is 23.9 Å². The summed E-state index contributed by atoms with van der Waals surface area (Å²) in [5.74, 6) is 0.893. The number of rotatable bonds is 4. The van der Waals surface area contributed by atoms with Gasteiger partial charge in [0.15, 0.2) is 11.9 Å². The van der Waals surface area contributed by atoms with Crippen LogP contribution in [0.5, 0.6) is 5.88 Å². The minimum Gasteiger partial charge on any atom is -0.492 e. The number of aryl methyl sites for hydroxylation is 1. The Morgan fingerprint density at radius 2 is 2.04 bits per heavy atom. The summed E-state index contributed by atoms with van der Waals surface area (Å²) >= 11 is 8.06. The van der Waals surface area contributed by atoms with Crippen LogP contribution < -0.4 is 4.90 Å². The zero-order chi connectivity index (χ0) is 19.1. The third-order valence-electron chi connectivity index (χ3n) is 5.01. The van der Waals surface area contributed by atoms with Crippen molar-refractivity contribution in [3.05, 3.63) is 45.6 Å². The van der Waals surface area contributed by atoms with Crippen LogP contribution in [0.25, 0.3) is 4.96 Å². The smallest absolute Gasteiger partial charge is 0.235 e. The lowest BCUT2D eigenvalue weighted by Gasteiger charge is -2.37. The molecule has 1 aromatic carbocycles. The lowest BCUT2D eigenvalue weighted by atomic mass is 10.0. The molecule has 2 aromatic heterocycles. The summed E-state index contributed by atoms with van der Waals surface area (Å²) < 4.78 is 7.48. The monoisotopic (exact) mass is 407 g/mol. The van der Waals surface area contributed by atoms with Crippen LogP contribution in [0.2, 0.25) is 5.02 Å². The number of morpholine rings is 1. The first-order chi connectivity index (χ1) is 13.0. The second-order valence-corrected chi connectivity index (χ2v) is 8.56. The number of nitrogens with zero attached hydrogens (tertiary/aromatic N) is 3. The van der Waals surface area contributed by atoms with Crippen molar-refractivity contribution in [2.45, 2.75) is 45.4 Å². The van der Waals surface area contributed by atoms with Crippen molar-refractivity contribution < 1.29 is 14.7 Å². The van der Waals surface area contributed by atoms with Crippen molar-refractivity contribution in [3.8, 4) is 5.88 Å². The molecule has 0 amide bonds. The zero-order valence-corrected chi connectivity index (χ0v) is 17.2. The lowest BCUT2D eigenvalue weighted by molar-refractivity contribution is -0.939. The van der Waals surface area contributed by atoms with Gasteiger partial charge in [0.05, 0.1) is 5.02 Å². The summed E-state index contributed by atoms with van der Waals surface area (Å²) in [5.41, 5.74) is 1.01. The Kier molecular flexibility index (Phi) is 5.11. The quantitative estimate of drug-likeness (QED) is 0.697. The Morgan fingerprint density at radius 1 is 1.33 bits per heavy atom. The summed E-state index contributed by atoms with van der Waals surface area (Å²) in [7, 11) is 0. The van der Waals surface area contributed by atoms with E-state index in [1.54, 1.807) is 4.52 Å². The largest absolute Gasteiger partial charge is 0.492 e. The number of hydrogen-bond donors (Lipinski definition) is 2. The van der Waals surface area contributed by atoms with Crippen molar-refractivity contribution in [1.82, 2.24) is 14.6 Å². The van der Waals surface area contributed by atoms with Gasteiger partial charge in [-0.3, -0.25) is 0 Å². The minimum atomic E-state index is -0.0916. The Hall–Kier alpha value is -1.67. The average molecular weight is 408 g/mol. The number of nitrogens with one attached hydrogen (secondary N) is 1. The van der Waals surface area contributed by atoms with E-state index >= 15 is 0 Å². The summed E-state index contributed by atoms with van der Waals surface area (Å²) in [6.07, 6.45) is 1.02. The molecule has 3 aromatic rings. The van der Waals surface area contributed by atoms with E-state index in [1.165, 1.54) is 16.2 Å². The van der Waals surface area contributed by atoms with Crippen LogP contribution in [0.4, 0.5) is 0 Å². The molecule has 0 aliphatic carbocycles. The van der Waals surface area contributed by atoms with Crippen molar-refractivity contribution in [1.29, 1.82) is 0 Å². The highest BCUT2D eigenvalue weighted by Gasteiger charge is 2.38. The summed E-state index contributed by atoms with van der Waals surface area (Å²) in [6.45, 7) is 7.87. The fraction of sp³-hybridized carbons (Fsp3) is 0.474. The molecule has 6 nitrogen and oxygen atoms in total. The predicted molar refractivity (Wildman–Crippen MR) is 106 cm³/mol. The number of benzene rings is 1. The highest BCUT2D eigenvalue weighted by atomic mass is 35.5. The standard InChI is InChI=1S/C19H23ClN4O2S/c1-4-15-21-19-24(22-15)18(25)17(27-19)16(13-7-5-6-8-14(13)20)23-9-11(2)26-12(3)10-23/h5-8,11-12,16,25H,4,9-10H2,1-3H3/p+1/t11-,12-,16-/m1/s1. The van der Waals surface area contributed by atoms with Gasteiger partial charge in [-0.05, 0) is 19.9 Å². The molecule has 2 N–H and O–H groups in total. The molecule has 144 valence electrons. The van der Waals surface area contributed by atoms with Crippen molar-refractivity contribution in [3.63, 3.8) is 0 Å². The van der Waals surface area contributed by atoms with Crippen LogP contribution in [0.15, 0.2) is 24.3 Å². The van der Waals surface area contributed by atoms with Gasteiger partial charge in [0.1, 0.15) is 30.2 Å². The zero-order valence-electron chi connectivity index (χ0n) is 15.6. The third-order valence-corrected chi connectivity index (χ3v) is 6.44. The van der Waals surface area contributed by atoms with E-state index in [-0.39, 0.29) is 24.1 Å². The van der Waals surface area contributed by atoms with Gasteiger partial charge in [0, 0.05) is 12.0 Å². The molecule has 0 unspecified atom stereocenters. The number of aromatic nitrogens is 3. The molecule has 1 fully saturated rings. The highest BCUT2D eigenvalue weighted by Crippen LogP contribution is 2.37. The summed E-state index contributed by atoms with van der Waals surface area (Å²) in [4.78, 5) is 7.41. The van der Waals surface area contributed by atoms with Gasteiger partial charge in [-0.15, -0.1) is 5.10 Å². The Balaban J connectivity index is 1.84. The predicted octanol–water partition coefficient (Wildman–Crippen LogP) is 2.49. The second-order valence-electron chi connectivity index (χ2n) is 7.14. The molecule has 8 heteroatoms. The molecule has 0 bridgehead atoms. The number of hydrogen-bond acceptors (Lipinski definition) is 5. The lowest BCUT2D eigenvalue weighted by Crippen LogP contribution is -3.15. The number of halogens is 1. The molecular weight excluding hydrogens is 384 g/mol. The second kappa shape index (κ2) is 7.39. The van der Waals surface area contributed by atoms with Gasteiger partial charge in [0.25, 0.3) is 0 Å². The summed E-state index contributed by atoms with van der Waals surface area (Å²) in [5, 5.41) is 16.1. The third kappa shape index (κ3) is 3.45. The average Bonchev–Trinajstić information content (AvgIpc) is 3.16. The van der Waals surface area contributed by atoms with Gasteiger partial charge in [-0.1, -0.05) is 48.1 Å². The van der Waals surface area contributed by atoms with E-state index in [1.807, 2.05) is 31.2 Å². The van der Waals surface area contributed by atoms with Crippen molar-refractivity contribution in [2.24, 2.45) is 0 Å². The molecule has 3 heterocycles. The van der Waals surface area contributed by atoms with Gasteiger partial charge in [0.2, 0.25) is 10.8 Å². The maximum atomic E-state index is 11.0. The number of fused-ring (bicyclic) bond motifs is 1. The van der Waals surface area contributed by atoms with Gasteiger partial charge >= 0.3 is 0 Å². The SMILES string of the molecule is CCc1nc2sc([C@@H](c3ccccc3Cl)[NH+]3C[C@@H](C)O[C@H](C)C3)c(O)n2n1. The van der Waals surface area contributed by atoms with Crippen molar-refractivity contribution >= 4 is 27.9 Å². The minimum absolute atomic E-state index is 0.0916. The van der Waals surface area contributed by atoms with Gasteiger partial charge in [-0.25, -0.2) is 4.98 Å². The van der Waals surface area contributed by atoms with Crippen LogP contribution in [0.3, 0.4) is 0 Å². The Morgan fingerprint density at radius 3 is 2.67 bits per heavy atom. The van der Waals surface area contributed by atoms with Gasteiger partial charge < -0.3 is 14.7 Å². The molecule has 1 aliphatic heterocycles. The maximum absolute atomic E-state index is 11.0. The maximum Gasteiger partial charge on any atom is 0.235 e. The molecule has 27 heavy (non-hydrogen) atoms. The molecule has 0 saturated carbocycles. The van der Waals surface area contributed by atoms with Crippen molar-refractivity contribution in [2.75, 3.05) is 13.1 Å². The summed E-state index contributed by atoms with van der Waals surface area (Å²) in [6, 6.07) is 7.77. The highest BCUT2D eigenvalue weighted by molar-refractivity contribution is 7.17. The van der Waals surface area contributed by atoms with E-state index in [0.717, 1.165) is 35.8 Å². The van der Waals surface area contributed by atoms with Gasteiger partial charge in [-0.2, -0.15) is 4.52 Å². The first-order valence-corrected chi connectivity index (χ1v) is 10.5. The van der Waals surface area contributed by atoms with Crippen LogP contribution in [0.1, 0.15) is 43.1 Å². The van der Waals surface area contributed by atoms with E-state index < -0.39 is 0 Å². The number of aromatic hydroxyl groups is 1. The Labute approximate surface area is 167 Å². The van der Waals surface area contributed by atoms with E-state index in [9.17, 15) is 5.11 Å². The van der Waals surface area contributed by atoms with Crippen LogP contribution >= 0.6 is 22.9 Å². The number of ether oxygens (including phenoxy) is 1. The van der Waals surface area contributed by atoms with Crippen LogP contribution in [-0.4, -0.2) is 45.0 Å². The molecule has 1 aliphatic rings. The van der Waals surface area contributed by atoms with Crippen LogP contribution in [-0.2, 0) is 11.2 Å². The Bertz CT molecular complexity index is 946. The van der Waals surface area contributed by atoms with E-state index in [0.29, 0.717) is 9.98 Å². The fourth-order valence-electron chi connectivity index (χ4n) is 3.93. The van der Waals surface area contributed by atoms with Crippen LogP contribution in [0, 0.1) is 0 Å². The fourth-order valence-corrected chi connectivity index (χ4v) is 5.33. The normalized spacial score (nSPS) is 24.4. The first kappa shape index (κ1) is 18.7. The molecule has 0 radical (unpaired) electrons. The first-order valence-electron chi connectivity index (χ1n) is 9.29. The molecule has 0 spiro atoms. The molecular formula is C19H24ClN4O2S+. The molecule has 3 atom stereocenters. The number of thiazole rings is 1. The van der Waals surface area contributed by atoms with E-state index in [4.69, 9.17) is 16.3 Å². The molecule has 4 rings (SSSR count). The molecule has 1 saturated heterocycles.